The van der Waals surface area contributed by atoms with Gasteiger partial charge in [0.1, 0.15) is 5.82 Å². The number of nitrogens with zero attached hydrogens (tertiary/aromatic N) is 2. The number of aromatic amines is 1. The molecule has 4 rings (SSSR count). The monoisotopic (exact) mass is 390 g/mol. The number of hydrogen-bond acceptors (Lipinski definition) is 3. The van der Waals surface area contributed by atoms with Crippen molar-refractivity contribution in [2.24, 2.45) is 0 Å². The van der Waals surface area contributed by atoms with Gasteiger partial charge in [0.05, 0.1) is 11.0 Å². The molecule has 0 atom stereocenters. The van der Waals surface area contributed by atoms with Crippen molar-refractivity contribution in [1.82, 2.24) is 14.9 Å². The first-order valence-electron chi connectivity index (χ1n) is 10.2. The van der Waals surface area contributed by atoms with E-state index in [2.05, 4.69) is 15.3 Å². The van der Waals surface area contributed by atoms with E-state index in [0.717, 1.165) is 42.5 Å². The highest BCUT2D eigenvalue weighted by Crippen LogP contribution is 2.25. The number of nitrogens with one attached hydrogen (secondary N) is 2. The molecule has 1 fully saturated rings. The van der Waals surface area contributed by atoms with E-state index in [9.17, 15) is 9.59 Å². The lowest BCUT2D eigenvalue weighted by molar-refractivity contribution is 0.101. The summed E-state index contributed by atoms with van der Waals surface area (Å²) in [5.41, 5.74) is 3.20. The number of fused-ring (bicyclic) bond motifs is 1. The number of H-pyrrole nitrogens is 1. The summed E-state index contributed by atoms with van der Waals surface area (Å²) >= 11 is 0. The highest BCUT2D eigenvalue weighted by atomic mass is 16.2. The Hall–Kier alpha value is -3.15. The molecule has 29 heavy (non-hydrogen) atoms. The summed E-state index contributed by atoms with van der Waals surface area (Å²) in [5.74, 6) is 0.874. The van der Waals surface area contributed by atoms with E-state index in [0.29, 0.717) is 24.2 Å². The second-order valence-corrected chi connectivity index (χ2v) is 7.65. The van der Waals surface area contributed by atoms with Crippen molar-refractivity contribution in [3.63, 3.8) is 0 Å². The number of carbonyl (C=O) groups excluding carboxylic acids is 2. The van der Waals surface area contributed by atoms with E-state index in [1.807, 2.05) is 35.2 Å². The van der Waals surface area contributed by atoms with Gasteiger partial charge < -0.3 is 15.2 Å². The molecule has 1 heterocycles. The van der Waals surface area contributed by atoms with Crippen LogP contribution in [0, 0.1) is 0 Å². The second kappa shape index (κ2) is 8.47. The molecule has 3 aromatic rings. The average Bonchev–Trinajstić information content (AvgIpc) is 3.38. The van der Waals surface area contributed by atoms with Crippen LogP contribution in [0.25, 0.3) is 11.0 Å². The number of amides is 2. The summed E-state index contributed by atoms with van der Waals surface area (Å²) in [6, 6.07) is 15.2. The molecular formula is C23H26N4O2. The highest BCUT2D eigenvalue weighted by molar-refractivity contribution is 5.96. The van der Waals surface area contributed by atoms with Gasteiger partial charge in [-0.2, -0.15) is 0 Å². The number of imidazole rings is 1. The van der Waals surface area contributed by atoms with Gasteiger partial charge in [0.2, 0.25) is 0 Å². The van der Waals surface area contributed by atoms with Gasteiger partial charge in [-0.15, -0.1) is 0 Å². The smallest absolute Gasteiger partial charge is 0.322 e. The molecular weight excluding hydrogens is 364 g/mol. The van der Waals surface area contributed by atoms with Crippen LogP contribution in [0.5, 0.6) is 0 Å². The van der Waals surface area contributed by atoms with E-state index in [4.69, 9.17) is 0 Å². The molecule has 0 radical (unpaired) electrons. The largest absolute Gasteiger partial charge is 0.342 e. The zero-order valence-corrected chi connectivity index (χ0v) is 16.6. The Morgan fingerprint density at radius 3 is 2.69 bits per heavy atom. The van der Waals surface area contributed by atoms with Crippen LogP contribution in [0.4, 0.5) is 10.5 Å². The topological polar surface area (TPSA) is 78.1 Å². The zero-order chi connectivity index (χ0) is 20.2. The van der Waals surface area contributed by atoms with Crippen LogP contribution in [-0.4, -0.2) is 39.3 Å². The number of hydrogen-bond donors (Lipinski definition) is 2. The molecule has 0 spiro atoms. The Morgan fingerprint density at radius 2 is 1.93 bits per heavy atom. The summed E-state index contributed by atoms with van der Waals surface area (Å²) in [4.78, 5) is 34.6. The zero-order valence-electron chi connectivity index (χ0n) is 16.6. The molecule has 1 aromatic heterocycles. The summed E-state index contributed by atoms with van der Waals surface area (Å²) in [6.07, 6.45) is 5.03. The van der Waals surface area contributed by atoms with Crippen molar-refractivity contribution in [2.75, 3.05) is 11.9 Å². The third-order valence-electron chi connectivity index (χ3n) is 5.57. The number of ketones is 1. The minimum Gasteiger partial charge on any atom is -0.342 e. The van der Waals surface area contributed by atoms with E-state index >= 15 is 0 Å². The van der Waals surface area contributed by atoms with Crippen LogP contribution in [0.15, 0.2) is 48.5 Å². The number of rotatable bonds is 6. The van der Waals surface area contributed by atoms with Crippen LogP contribution in [0.3, 0.4) is 0 Å². The Balaban J connectivity index is 1.48. The Labute approximate surface area is 170 Å². The quantitative estimate of drug-likeness (QED) is 0.594. The third-order valence-corrected chi connectivity index (χ3v) is 5.57. The van der Waals surface area contributed by atoms with Gasteiger partial charge in [-0.3, -0.25) is 4.79 Å². The van der Waals surface area contributed by atoms with Crippen molar-refractivity contribution in [3.05, 3.63) is 59.9 Å². The van der Waals surface area contributed by atoms with Crippen LogP contribution in [0.2, 0.25) is 0 Å². The highest BCUT2D eigenvalue weighted by Gasteiger charge is 2.27. The van der Waals surface area contributed by atoms with Crippen LogP contribution in [0.1, 0.15) is 48.8 Å². The van der Waals surface area contributed by atoms with Crippen LogP contribution < -0.4 is 5.32 Å². The predicted molar refractivity (Wildman–Crippen MR) is 114 cm³/mol. The van der Waals surface area contributed by atoms with E-state index in [1.165, 1.54) is 6.92 Å². The lowest BCUT2D eigenvalue weighted by Crippen LogP contribution is -2.43. The Bertz CT molecular complexity index is 987. The summed E-state index contributed by atoms with van der Waals surface area (Å²) in [6.45, 7) is 2.13. The summed E-state index contributed by atoms with van der Waals surface area (Å²) in [5, 5.41) is 2.98. The molecule has 1 saturated carbocycles. The van der Waals surface area contributed by atoms with E-state index in [1.54, 1.807) is 18.2 Å². The maximum atomic E-state index is 13.1. The standard InChI is InChI=1S/C23H26N4O2/c1-16(28)17-7-6-8-18(15-17)24-23(29)27(19-9-2-3-10-19)14-13-22-25-20-11-4-5-12-21(20)26-22/h4-8,11-12,15,19H,2-3,9-10,13-14H2,1H3,(H,24,29)(H,25,26). The molecule has 2 aromatic carbocycles. The number of para-hydroxylation sites is 2. The van der Waals surface area contributed by atoms with Gasteiger partial charge in [0.15, 0.2) is 5.78 Å². The Morgan fingerprint density at radius 1 is 1.14 bits per heavy atom. The first-order chi connectivity index (χ1) is 14.1. The van der Waals surface area contributed by atoms with Gasteiger partial charge in [0, 0.05) is 30.3 Å². The van der Waals surface area contributed by atoms with Crippen molar-refractivity contribution in [2.45, 2.75) is 45.1 Å². The maximum Gasteiger partial charge on any atom is 0.322 e. The summed E-state index contributed by atoms with van der Waals surface area (Å²) < 4.78 is 0. The van der Waals surface area contributed by atoms with Crippen molar-refractivity contribution in [3.8, 4) is 0 Å². The lowest BCUT2D eigenvalue weighted by atomic mass is 10.1. The minimum atomic E-state index is -0.117. The van der Waals surface area contributed by atoms with Gasteiger partial charge in [0.25, 0.3) is 0 Å². The van der Waals surface area contributed by atoms with E-state index < -0.39 is 0 Å². The fourth-order valence-electron chi connectivity index (χ4n) is 4.03. The van der Waals surface area contributed by atoms with Gasteiger partial charge in [-0.25, -0.2) is 9.78 Å². The van der Waals surface area contributed by atoms with Crippen LogP contribution in [-0.2, 0) is 6.42 Å². The SMILES string of the molecule is CC(=O)c1cccc(NC(=O)N(CCc2nc3ccccc3[nH]2)C2CCCC2)c1. The maximum absolute atomic E-state index is 13.1. The molecule has 0 saturated heterocycles. The number of benzene rings is 2. The molecule has 0 bridgehead atoms. The average molecular weight is 390 g/mol. The molecule has 6 nitrogen and oxygen atoms in total. The van der Waals surface area contributed by atoms with Gasteiger partial charge in [-0.1, -0.05) is 37.1 Å². The molecule has 6 heteroatoms. The molecule has 1 aliphatic rings. The fourth-order valence-corrected chi connectivity index (χ4v) is 4.03. The number of carbonyl (C=O) groups is 2. The third kappa shape index (κ3) is 4.47. The molecule has 1 aliphatic carbocycles. The number of aromatic nitrogens is 2. The first kappa shape index (κ1) is 19.2. The normalized spacial score (nSPS) is 14.2. The number of urea groups is 1. The predicted octanol–water partition coefficient (Wildman–Crippen LogP) is 4.78. The van der Waals surface area contributed by atoms with Crippen molar-refractivity contribution >= 4 is 28.5 Å². The molecule has 2 amide bonds. The molecule has 2 N–H and O–H groups in total. The summed E-state index contributed by atoms with van der Waals surface area (Å²) in [7, 11) is 0. The van der Waals surface area contributed by atoms with E-state index in [-0.39, 0.29) is 17.9 Å². The molecule has 0 unspecified atom stereocenters. The lowest BCUT2D eigenvalue weighted by Gasteiger charge is -2.29. The number of Topliss-reactive ketones (excluding diaryl/α,β-unsaturated/α-hetero) is 1. The van der Waals surface area contributed by atoms with Crippen molar-refractivity contribution in [1.29, 1.82) is 0 Å². The van der Waals surface area contributed by atoms with Crippen LogP contribution >= 0.6 is 0 Å². The molecule has 150 valence electrons. The van der Waals surface area contributed by atoms with Gasteiger partial charge in [-0.05, 0) is 44.0 Å². The fraction of sp³-hybridized carbons (Fsp3) is 0.348. The Kier molecular flexibility index (Phi) is 5.60. The number of anilines is 1. The molecule has 0 aliphatic heterocycles. The second-order valence-electron chi connectivity index (χ2n) is 7.65. The minimum absolute atomic E-state index is 0.0152. The van der Waals surface area contributed by atoms with Crippen molar-refractivity contribution < 1.29 is 9.59 Å². The van der Waals surface area contributed by atoms with Gasteiger partial charge >= 0.3 is 6.03 Å². The first-order valence-corrected chi connectivity index (χ1v) is 10.2.